The third-order valence-corrected chi connectivity index (χ3v) is 4.40. The molecular formula is C18H15N3O3S. The molecule has 0 amide bonds. The molecule has 25 heavy (non-hydrogen) atoms. The van der Waals surface area contributed by atoms with Gasteiger partial charge in [0.25, 0.3) is 10.1 Å². The van der Waals surface area contributed by atoms with Crippen LogP contribution < -0.4 is 5.73 Å². The van der Waals surface area contributed by atoms with Crippen LogP contribution in [0.4, 0.5) is 17.1 Å². The summed E-state index contributed by atoms with van der Waals surface area (Å²) < 4.78 is 33.1. The van der Waals surface area contributed by atoms with Crippen molar-refractivity contribution >= 4 is 27.2 Å². The summed E-state index contributed by atoms with van der Waals surface area (Å²) in [5.74, 6) is 0. The zero-order valence-corrected chi connectivity index (χ0v) is 13.9. The van der Waals surface area contributed by atoms with E-state index in [1.807, 2.05) is 18.2 Å². The molecule has 0 heterocycles. The predicted octanol–water partition coefficient (Wildman–Crippen LogP) is 4.60. The Balaban J connectivity index is 2.04. The van der Waals surface area contributed by atoms with Crippen molar-refractivity contribution in [1.29, 1.82) is 0 Å². The van der Waals surface area contributed by atoms with Gasteiger partial charge in [0.15, 0.2) is 0 Å². The third-order valence-electron chi connectivity index (χ3n) is 3.50. The maximum absolute atomic E-state index is 11.8. The molecule has 0 unspecified atom stereocenters. The fourth-order valence-corrected chi connectivity index (χ4v) is 3.03. The van der Waals surface area contributed by atoms with Crippen molar-refractivity contribution in [2.45, 2.75) is 4.90 Å². The van der Waals surface area contributed by atoms with Gasteiger partial charge in [0.2, 0.25) is 0 Å². The van der Waals surface area contributed by atoms with Gasteiger partial charge in [-0.2, -0.15) is 18.6 Å². The SMILES string of the molecule is Nc1ccc(-c2ccc(N=Nc3ccccc3)cc2S(=O)(=O)O)cc1. The Hall–Kier alpha value is -3.03. The van der Waals surface area contributed by atoms with E-state index in [1.54, 1.807) is 48.5 Å². The monoisotopic (exact) mass is 353 g/mol. The van der Waals surface area contributed by atoms with Crippen LogP contribution in [0.3, 0.4) is 0 Å². The second-order valence-corrected chi connectivity index (χ2v) is 6.70. The molecule has 0 aromatic heterocycles. The molecule has 0 saturated heterocycles. The fourth-order valence-electron chi connectivity index (χ4n) is 2.30. The summed E-state index contributed by atoms with van der Waals surface area (Å²) in [6.07, 6.45) is 0. The first-order chi connectivity index (χ1) is 11.9. The Morgan fingerprint density at radius 2 is 1.44 bits per heavy atom. The second-order valence-electron chi connectivity index (χ2n) is 5.31. The van der Waals surface area contributed by atoms with Crippen molar-refractivity contribution in [2.24, 2.45) is 10.2 Å². The van der Waals surface area contributed by atoms with Gasteiger partial charge >= 0.3 is 0 Å². The summed E-state index contributed by atoms with van der Waals surface area (Å²) in [4.78, 5) is -0.234. The van der Waals surface area contributed by atoms with Gasteiger partial charge in [-0.25, -0.2) is 0 Å². The maximum Gasteiger partial charge on any atom is 0.295 e. The molecule has 0 fully saturated rings. The van der Waals surface area contributed by atoms with Crippen molar-refractivity contribution in [1.82, 2.24) is 0 Å². The van der Waals surface area contributed by atoms with Crippen LogP contribution in [0, 0.1) is 0 Å². The Morgan fingerprint density at radius 3 is 2.08 bits per heavy atom. The van der Waals surface area contributed by atoms with Crippen LogP contribution in [0.2, 0.25) is 0 Å². The molecule has 3 aromatic carbocycles. The van der Waals surface area contributed by atoms with Crippen LogP contribution in [0.1, 0.15) is 0 Å². The molecule has 126 valence electrons. The second kappa shape index (κ2) is 6.84. The molecule has 0 aliphatic heterocycles. The predicted molar refractivity (Wildman–Crippen MR) is 96.7 cm³/mol. The molecule has 3 aromatic rings. The zero-order valence-electron chi connectivity index (χ0n) is 13.1. The molecule has 0 atom stereocenters. The van der Waals surface area contributed by atoms with E-state index in [4.69, 9.17) is 5.73 Å². The summed E-state index contributed by atoms with van der Waals surface area (Å²) in [5, 5.41) is 8.07. The summed E-state index contributed by atoms with van der Waals surface area (Å²) in [6, 6.07) is 20.2. The van der Waals surface area contributed by atoms with Gasteiger partial charge in [-0.1, -0.05) is 36.4 Å². The van der Waals surface area contributed by atoms with E-state index in [-0.39, 0.29) is 4.90 Å². The number of rotatable bonds is 4. The van der Waals surface area contributed by atoms with E-state index in [9.17, 15) is 13.0 Å². The Bertz CT molecular complexity index is 1020. The number of nitrogen functional groups attached to an aromatic ring is 1. The normalized spacial score (nSPS) is 11.7. The topological polar surface area (TPSA) is 105 Å². The summed E-state index contributed by atoms with van der Waals surface area (Å²) in [5.41, 5.74) is 8.15. The standard InChI is InChI=1S/C18H15N3O3S/c19-14-8-6-13(7-9-14)17-11-10-16(12-18(17)25(22,23)24)21-20-15-4-2-1-3-5-15/h1-12H,19H2,(H,22,23,24). The molecule has 0 spiro atoms. The number of nitrogens with zero attached hydrogens (tertiary/aromatic N) is 2. The molecular weight excluding hydrogens is 338 g/mol. The molecule has 0 bridgehead atoms. The first kappa shape index (κ1) is 16.8. The number of nitrogens with two attached hydrogens (primary N) is 1. The van der Waals surface area contributed by atoms with Crippen LogP contribution in [-0.4, -0.2) is 13.0 Å². The van der Waals surface area contributed by atoms with E-state index in [0.717, 1.165) is 0 Å². The number of anilines is 1. The highest BCUT2D eigenvalue weighted by molar-refractivity contribution is 7.86. The van der Waals surface area contributed by atoms with Crippen LogP contribution in [0.25, 0.3) is 11.1 Å². The maximum atomic E-state index is 11.8. The van der Waals surface area contributed by atoms with Gasteiger partial charge in [0.05, 0.1) is 11.4 Å². The highest BCUT2D eigenvalue weighted by Gasteiger charge is 2.17. The summed E-state index contributed by atoms with van der Waals surface area (Å²) in [7, 11) is -4.43. The largest absolute Gasteiger partial charge is 0.399 e. The molecule has 0 aliphatic rings. The van der Waals surface area contributed by atoms with Crippen molar-refractivity contribution in [2.75, 3.05) is 5.73 Å². The number of hydrogen-bond donors (Lipinski definition) is 2. The Kier molecular flexibility index (Phi) is 4.60. The van der Waals surface area contributed by atoms with E-state index >= 15 is 0 Å². The van der Waals surface area contributed by atoms with Crippen molar-refractivity contribution < 1.29 is 13.0 Å². The lowest BCUT2D eigenvalue weighted by molar-refractivity contribution is 0.483. The van der Waals surface area contributed by atoms with E-state index in [2.05, 4.69) is 10.2 Å². The Morgan fingerprint density at radius 1 is 0.800 bits per heavy atom. The molecule has 7 heteroatoms. The van der Waals surface area contributed by atoms with Gasteiger partial charge in [0.1, 0.15) is 4.90 Å². The van der Waals surface area contributed by atoms with E-state index < -0.39 is 10.1 Å². The summed E-state index contributed by atoms with van der Waals surface area (Å²) >= 11 is 0. The van der Waals surface area contributed by atoms with Crippen LogP contribution >= 0.6 is 0 Å². The quantitative estimate of drug-likeness (QED) is 0.406. The lowest BCUT2D eigenvalue weighted by Crippen LogP contribution is -2.00. The Labute approximate surface area is 145 Å². The van der Waals surface area contributed by atoms with E-state index in [1.165, 1.54) is 6.07 Å². The van der Waals surface area contributed by atoms with Gasteiger partial charge < -0.3 is 5.73 Å². The third kappa shape index (κ3) is 4.09. The zero-order chi connectivity index (χ0) is 17.9. The molecule has 0 aliphatic carbocycles. The number of benzene rings is 3. The molecule has 6 nitrogen and oxygen atoms in total. The summed E-state index contributed by atoms with van der Waals surface area (Å²) in [6.45, 7) is 0. The highest BCUT2D eigenvalue weighted by Crippen LogP contribution is 2.32. The van der Waals surface area contributed by atoms with Crippen molar-refractivity contribution in [3.05, 3.63) is 72.8 Å². The highest BCUT2D eigenvalue weighted by atomic mass is 32.2. The average Bonchev–Trinajstić information content (AvgIpc) is 2.61. The first-order valence-corrected chi connectivity index (χ1v) is 8.82. The van der Waals surface area contributed by atoms with Gasteiger partial charge in [0, 0.05) is 11.3 Å². The van der Waals surface area contributed by atoms with Gasteiger partial charge in [-0.15, -0.1) is 0 Å². The first-order valence-electron chi connectivity index (χ1n) is 7.38. The molecule has 3 rings (SSSR count). The minimum absolute atomic E-state index is 0.234. The molecule has 0 saturated carbocycles. The molecule has 0 radical (unpaired) electrons. The lowest BCUT2D eigenvalue weighted by Gasteiger charge is -2.08. The lowest BCUT2D eigenvalue weighted by atomic mass is 10.0. The minimum Gasteiger partial charge on any atom is -0.399 e. The number of hydrogen-bond acceptors (Lipinski definition) is 5. The van der Waals surface area contributed by atoms with Crippen LogP contribution in [0.5, 0.6) is 0 Å². The minimum atomic E-state index is -4.43. The van der Waals surface area contributed by atoms with Crippen LogP contribution in [0.15, 0.2) is 87.9 Å². The smallest absolute Gasteiger partial charge is 0.295 e. The average molecular weight is 353 g/mol. The van der Waals surface area contributed by atoms with Crippen molar-refractivity contribution in [3.8, 4) is 11.1 Å². The van der Waals surface area contributed by atoms with Gasteiger partial charge in [-0.05, 0) is 42.0 Å². The van der Waals surface area contributed by atoms with Crippen LogP contribution in [-0.2, 0) is 10.1 Å². The van der Waals surface area contributed by atoms with Crippen molar-refractivity contribution in [3.63, 3.8) is 0 Å². The number of azo groups is 1. The molecule has 3 N–H and O–H groups in total. The van der Waals surface area contributed by atoms with E-state index in [0.29, 0.717) is 28.2 Å². The fraction of sp³-hybridized carbons (Fsp3) is 0. The van der Waals surface area contributed by atoms with Gasteiger partial charge in [-0.3, -0.25) is 4.55 Å².